The van der Waals surface area contributed by atoms with E-state index in [0.717, 1.165) is 23.0 Å². The maximum Gasteiger partial charge on any atom is 0.0699 e. The summed E-state index contributed by atoms with van der Waals surface area (Å²) < 4.78 is 2.85. The summed E-state index contributed by atoms with van der Waals surface area (Å²) in [6.45, 7) is 4.42. The molecule has 108 valence electrons. The van der Waals surface area contributed by atoms with E-state index in [1.807, 2.05) is 24.0 Å². The van der Waals surface area contributed by atoms with Gasteiger partial charge >= 0.3 is 0 Å². The number of nitrogens with two attached hydrogens (primary N) is 1. The zero-order valence-corrected chi connectivity index (χ0v) is 13.9. The van der Waals surface area contributed by atoms with E-state index in [-0.39, 0.29) is 11.5 Å². The Bertz CT molecular complexity index is 539. The summed E-state index contributed by atoms with van der Waals surface area (Å²) in [4.78, 5) is 0. The normalized spacial score (nSPS) is 13.4. The number of benzene rings is 1. The van der Waals surface area contributed by atoms with Gasteiger partial charge < -0.3 is 5.73 Å². The van der Waals surface area contributed by atoms with E-state index >= 15 is 0 Å². The van der Waals surface area contributed by atoms with Gasteiger partial charge in [0.15, 0.2) is 0 Å². The molecule has 3 nitrogen and oxygen atoms in total. The van der Waals surface area contributed by atoms with Crippen molar-refractivity contribution >= 4 is 15.9 Å². The maximum atomic E-state index is 6.68. The first-order valence-electron chi connectivity index (χ1n) is 7.05. The standard InChI is InChI=1S/C16H22BrN3/c1-4-16(5-2,12-9-7-6-8-10-12)15(18)14-13(17)11-19-20(14)3/h6-11,15H,4-5,18H2,1-3H3. The van der Waals surface area contributed by atoms with Crippen molar-refractivity contribution in [3.63, 3.8) is 0 Å². The van der Waals surface area contributed by atoms with Crippen LogP contribution < -0.4 is 5.73 Å². The van der Waals surface area contributed by atoms with E-state index in [9.17, 15) is 0 Å². The molecule has 2 N–H and O–H groups in total. The van der Waals surface area contributed by atoms with Crippen molar-refractivity contribution in [2.75, 3.05) is 0 Å². The van der Waals surface area contributed by atoms with E-state index in [4.69, 9.17) is 5.73 Å². The molecule has 1 aromatic carbocycles. The molecule has 2 aromatic rings. The van der Waals surface area contributed by atoms with Crippen LogP contribution in [0.4, 0.5) is 0 Å². The fraction of sp³-hybridized carbons (Fsp3) is 0.438. The monoisotopic (exact) mass is 335 g/mol. The molecule has 0 aliphatic carbocycles. The highest BCUT2D eigenvalue weighted by molar-refractivity contribution is 9.10. The molecule has 0 aliphatic rings. The Balaban J connectivity index is 2.54. The molecule has 0 fully saturated rings. The van der Waals surface area contributed by atoms with Gasteiger partial charge in [-0.15, -0.1) is 0 Å². The Morgan fingerprint density at radius 3 is 2.30 bits per heavy atom. The number of halogens is 1. The zero-order chi connectivity index (χ0) is 14.8. The van der Waals surface area contributed by atoms with Crippen LogP contribution in [0.25, 0.3) is 0 Å². The molecule has 20 heavy (non-hydrogen) atoms. The third-order valence-corrected chi connectivity index (χ3v) is 5.05. The molecule has 2 rings (SSSR count). The minimum atomic E-state index is -0.0956. The first-order chi connectivity index (χ1) is 9.56. The molecule has 0 aliphatic heterocycles. The van der Waals surface area contributed by atoms with Gasteiger partial charge in [0, 0.05) is 12.5 Å². The van der Waals surface area contributed by atoms with Crippen molar-refractivity contribution in [2.45, 2.75) is 38.1 Å². The van der Waals surface area contributed by atoms with Crippen LogP contribution in [-0.2, 0) is 12.5 Å². The predicted octanol–water partition coefficient (Wildman–Crippen LogP) is 3.94. The molecule has 0 amide bonds. The van der Waals surface area contributed by atoms with Gasteiger partial charge in [0.05, 0.1) is 22.4 Å². The molecule has 4 heteroatoms. The van der Waals surface area contributed by atoms with Crippen LogP contribution in [0.3, 0.4) is 0 Å². The van der Waals surface area contributed by atoms with E-state index in [0.29, 0.717) is 0 Å². The van der Waals surface area contributed by atoms with Crippen LogP contribution >= 0.6 is 15.9 Å². The maximum absolute atomic E-state index is 6.68. The van der Waals surface area contributed by atoms with Gasteiger partial charge in [-0.3, -0.25) is 4.68 Å². The molecule has 0 bridgehead atoms. The highest BCUT2D eigenvalue weighted by Crippen LogP contribution is 2.43. The SMILES string of the molecule is CCC(CC)(c1ccccc1)C(N)c1c(Br)cnn1C. The summed E-state index contributed by atoms with van der Waals surface area (Å²) in [5.74, 6) is 0. The molecule has 0 radical (unpaired) electrons. The summed E-state index contributed by atoms with van der Waals surface area (Å²) in [6, 6.07) is 10.5. The van der Waals surface area contributed by atoms with Gasteiger partial charge in [0.1, 0.15) is 0 Å². The molecule has 1 aromatic heterocycles. The lowest BCUT2D eigenvalue weighted by molar-refractivity contribution is 0.310. The molecule has 0 spiro atoms. The molecule has 1 heterocycles. The number of aromatic nitrogens is 2. The predicted molar refractivity (Wildman–Crippen MR) is 86.5 cm³/mol. The van der Waals surface area contributed by atoms with Crippen LogP contribution in [0.5, 0.6) is 0 Å². The van der Waals surface area contributed by atoms with E-state index in [1.165, 1.54) is 5.56 Å². The van der Waals surface area contributed by atoms with E-state index < -0.39 is 0 Å². The first-order valence-corrected chi connectivity index (χ1v) is 7.84. The van der Waals surface area contributed by atoms with Gasteiger partial charge in [-0.25, -0.2) is 0 Å². The van der Waals surface area contributed by atoms with E-state index in [1.54, 1.807) is 0 Å². The summed E-state index contributed by atoms with van der Waals surface area (Å²) in [7, 11) is 1.95. The highest BCUT2D eigenvalue weighted by Gasteiger charge is 2.38. The second-order valence-corrected chi connectivity index (χ2v) is 6.06. The lowest BCUT2D eigenvalue weighted by Gasteiger charge is -2.38. The number of hydrogen-bond acceptors (Lipinski definition) is 2. The second-order valence-electron chi connectivity index (χ2n) is 5.21. The van der Waals surface area contributed by atoms with Crippen molar-refractivity contribution in [3.05, 3.63) is 52.3 Å². The molecule has 1 unspecified atom stereocenters. The van der Waals surface area contributed by atoms with Crippen LogP contribution in [-0.4, -0.2) is 9.78 Å². The molecule has 0 saturated carbocycles. The summed E-state index contributed by atoms with van der Waals surface area (Å²) in [5, 5.41) is 4.30. The number of nitrogens with zero attached hydrogens (tertiary/aromatic N) is 2. The fourth-order valence-electron chi connectivity index (χ4n) is 3.08. The molecular weight excluding hydrogens is 314 g/mol. The van der Waals surface area contributed by atoms with Crippen molar-refractivity contribution in [1.82, 2.24) is 9.78 Å². The first kappa shape index (κ1) is 15.3. The fourth-order valence-corrected chi connectivity index (χ4v) is 3.67. The average molecular weight is 336 g/mol. The van der Waals surface area contributed by atoms with Crippen molar-refractivity contribution < 1.29 is 0 Å². The Hall–Kier alpha value is -1.13. The summed E-state index contributed by atoms with van der Waals surface area (Å²) >= 11 is 3.58. The topological polar surface area (TPSA) is 43.8 Å². The lowest BCUT2D eigenvalue weighted by Crippen LogP contribution is -2.39. The van der Waals surface area contributed by atoms with Crippen LogP contribution in [0, 0.1) is 0 Å². The van der Waals surface area contributed by atoms with Crippen molar-refractivity contribution in [3.8, 4) is 0 Å². The third-order valence-electron chi connectivity index (χ3n) is 4.44. The quantitative estimate of drug-likeness (QED) is 0.899. The van der Waals surface area contributed by atoms with Gasteiger partial charge in [-0.2, -0.15) is 5.10 Å². The van der Waals surface area contributed by atoms with Crippen molar-refractivity contribution in [1.29, 1.82) is 0 Å². The zero-order valence-electron chi connectivity index (χ0n) is 12.3. The highest BCUT2D eigenvalue weighted by atomic mass is 79.9. The summed E-state index contributed by atoms with van der Waals surface area (Å²) in [6.07, 6.45) is 3.80. The van der Waals surface area contributed by atoms with Gasteiger partial charge in [-0.1, -0.05) is 44.2 Å². The Kier molecular flexibility index (Phi) is 4.66. The molecular formula is C16H22BrN3. The number of aryl methyl sites for hydroxylation is 1. The molecule has 0 saturated heterocycles. The Labute approximate surface area is 129 Å². The Morgan fingerprint density at radius 1 is 1.25 bits per heavy atom. The van der Waals surface area contributed by atoms with Crippen LogP contribution in [0.2, 0.25) is 0 Å². The van der Waals surface area contributed by atoms with Gasteiger partial charge in [0.25, 0.3) is 0 Å². The number of rotatable bonds is 5. The summed E-state index contributed by atoms with van der Waals surface area (Å²) in [5.41, 5.74) is 8.96. The van der Waals surface area contributed by atoms with E-state index in [2.05, 4.69) is 59.1 Å². The third kappa shape index (κ3) is 2.42. The van der Waals surface area contributed by atoms with Crippen LogP contribution in [0.15, 0.2) is 41.0 Å². The van der Waals surface area contributed by atoms with Gasteiger partial charge in [0.2, 0.25) is 0 Å². The smallest absolute Gasteiger partial charge is 0.0699 e. The average Bonchev–Trinajstić information content (AvgIpc) is 2.81. The number of hydrogen-bond donors (Lipinski definition) is 1. The van der Waals surface area contributed by atoms with Gasteiger partial charge in [-0.05, 0) is 34.3 Å². The minimum Gasteiger partial charge on any atom is -0.322 e. The Morgan fingerprint density at radius 2 is 1.85 bits per heavy atom. The minimum absolute atomic E-state index is 0.0719. The largest absolute Gasteiger partial charge is 0.322 e. The molecule has 1 atom stereocenters. The van der Waals surface area contributed by atoms with Crippen molar-refractivity contribution in [2.24, 2.45) is 12.8 Å². The van der Waals surface area contributed by atoms with Crippen LogP contribution in [0.1, 0.15) is 44.0 Å². The second kappa shape index (κ2) is 6.10. The lowest BCUT2D eigenvalue weighted by atomic mass is 9.69.